The number of hydrogen-bond donors (Lipinski definition) is 1. The molecule has 1 aromatic carbocycles. The minimum atomic E-state index is -3.48. The van der Waals surface area contributed by atoms with E-state index in [4.69, 9.17) is 0 Å². The topological polar surface area (TPSA) is 62.3 Å². The molecule has 1 N–H and O–H groups in total. The number of benzene rings is 1. The average molecular weight is 357 g/mol. The summed E-state index contributed by atoms with van der Waals surface area (Å²) in [6, 6.07) is 11.5. The predicted molar refractivity (Wildman–Crippen MR) is 102 cm³/mol. The van der Waals surface area contributed by atoms with Crippen LogP contribution >= 0.6 is 0 Å². The molecule has 5 nitrogen and oxygen atoms in total. The largest absolute Gasteiger partial charge is 0.357 e. The summed E-state index contributed by atoms with van der Waals surface area (Å²) in [7, 11) is -3.48. The fourth-order valence-electron chi connectivity index (χ4n) is 2.77. The maximum Gasteiger partial charge on any atom is 0.234 e. The van der Waals surface area contributed by atoms with Crippen LogP contribution in [0.4, 0.5) is 5.82 Å². The second-order valence-electron chi connectivity index (χ2n) is 6.30. The molecule has 25 heavy (non-hydrogen) atoms. The van der Waals surface area contributed by atoms with Gasteiger partial charge in [0.15, 0.2) is 0 Å². The van der Waals surface area contributed by atoms with E-state index in [0.29, 0.717) is 0 Å². The van der Waals surface area contributed by atoms with Crippen molar-refractivity contribution in [1.82, 2.24) is 9.71 Å². The highest BCUT2D eigenvalue weighted by Crippen LogP contribution is 2.18. The Morgan fingerprint density at radius 3 is 2.60 bits per heavy atom. The van der Waals surface area contributed by atoms with Gasteiger partial charge in [0.05, 0.1) is 0 Å². The molecular weight excluding hydrogens is 334 g/mol. The molecule has 0 aliphatic carbocycles. The van der Waals surface area contributed by atoms with Crippen molar-refractivity contribution in [3.05, 3.63) is 64.7 Å². The molecule has 3 rings (SSSR count). The Bertz CT molecular complexity index is 839. The lowest BCUT2D eigenvalue weighted by atomic mass is 10.2. The lowest BCUT2D eigenvalue weighted by molar-refractivity contribution is 0.590. The van der Waals surface area contributed by atoms with Gasteiger partial charge in [0.25, 0.3) is 0 Å². The molecule has 2 aromatic rings. The van der Waals surface area contributed by atoms with E-state index in [0.717, 1.165) is 35.6 Å². The van der Waals surface area contributed by atoms with Gasteiger partial charge in [0, 0.05) is 31.2 Å². The number of aryl methyl sites for hydroxylation is 1. The molecule has 1 aromatic heterocycles. The van der Waals surface area contributed by atoms with Crippen LogP contribution in [0.25, 0.3) is 6.08 Å². The van der Waals surface area contributed by atoms with Gasteiger partial charge in [-0.2, -0.15) is 0 Å². The molecule has 0 saturated carbocycles. The van der Waals surface area contributed by atoms with E-state index < -0.39 is 10.0 Å². The van der Waals surface area contributed by atoms with Gasteiger partial charge in [-0.3, -0.25) is 0 Å². The molecule has 0 spiro atoms. The number of nitrogens with zero attached hydrogens (tertiary/aromatic N) is 2. The Morgan fingerprint density at radius 2 is 1.88 bits per heavy atom. The van der Waals surface area contributed by atoms with Crippen LogP contribution < -0.4 is 9.62 Å². The lowest BCUT2D eigenvalue weighted by Gasteiger charge is -2.16. The van der Waals surface area contributed by atoms with Gasteiger partial charge < -0.3 is 4.90 Å². The smallest absolute Gasteiger partial charge is 0.234 e. The zero-order valence-corrected chi connectivity index (χ0v) is 15.2. The van der Waals surface area contributed by atoms with Crippen LogP contribution in [0.1, 0.15) is 29.5 Å². The van der Waals surface area contributed by atoms with Crippen LogP contribution in [0.5, 0.6) is 0 Å². The molecule has 0 bridgehead atoms. The monoisotopic (exact) mass is 357 g/mol. The van der Waals surface area contributed by atoms with Crippen molar-refractivity contribution >= 4 is 21.9 Å². The first-order valence-electron chi connectivity index (χ1n) is 8.46. The number of nitrogens with one attached hydrogen (secondary N) is 1. The standard InChI is InChI=1S/C19H23N3O2S/c1-16-4-6-17(7-5-16)9-13-25(23,24)21-15-18-8-10-20-19(14-18)22-11-2-3-12-22/h4-10,13-14,21H,2-3,11-12,15H2,1H3. The number of anilines is 1. The third kappa shape index (κ3) is 5.14. The molecule has 1 aliphatic heterocycles. The molecule has 1 saturated heterocycles. The second kappa shape index (κ2) is 7.80. The Morgan fingerprint density at radius 1 is 1.16 bits per heavy atom. The number of rotatable bonds is 6. The van der Waals surface area contributed by atoms with E-state index in [1.807, 2.05) is 43.3 Å². The number of sulfonamides is 1. The van der Waals surface area contributed by atoms with Crippen molar-refractivity contribution < 1.29 is 8.42 Å². The SMILES string of the molecule is Cc1ccc(C=CS(=O)(=O)NCc2ccnc(N3CCCC3)c2)cc1. The molecule has 1 fully saturated rings. The van der Waals surface area contributed by atoms with E-state index in [1.54, 1.807) is 12.3 Å². The summed E-state index contributed by atoms with van der Waals surface area (Å²) in [4.78, 5) is 6.62. The van der Waals surface area contributed by atoms with Gasteiger partial charge in [-0.05, 0) is 49.1 Å². The molecule has 0 amide bonds. The van der Waals surface area contributed by atoms with Gasteiger partial charge in [-0.25, -0.2) is 18.1 Å². The second-order valence-corrected chi connectivity index (χ2v) is 7.95. The first-order chi connectivity index (χ1) is 12.0. The van der Waals surface area contributed by atoms with Crippen LogP contribution in [-0.4, -0.2) is 26.5 Å². The summed E-state index contributed by atoms with van der Waals surface area (Å²) in [5.74, 6) is 0.921. The molecular formula is C19H23N3O2S. The van der Waals surface area contributed by atoms with E-state index in [-0.39, 0.29) is 6.54 Å². The summed E-state index contributed by atoms with van der Waals surface area (Å²) in [5.41, 5.74) is 2.91. The molecule has 0 radical (unpaired) electrons. The van der Waals surface area contributed by atoms with Gasteiger partial charge >= 0.3 is 0 Å². The first kappa shape index (κ1) is 17.6. The van der Waals surface area contributed by atoms with E-state index in [1.165, 1.54) is 18.2 Å². The van der Waals surface area contributed by atoms with E-state index in [2.05, 4.69) is 14.6 Å². The van der Waals surface area contributed by atoms with Crippen molar-refractivity contribution in [2.75, 3.05) is 18.0 Å². The molecule has 1 aliphatic rings. The quantitative estimate of drug-likeness (QED) is 0.863. The number of aromatic nitrogens is 1. The third-order valence-corrected chi connectivity index (χ3v) is 5.28. The van der Waals surface area contributed by atoms with E-state index in [9.17, 15) is 8.42 Å². The molecule has 0 atom stereocenters. The van der Waals surface area contributed by atoms with Crippen molar-refractivity contribution in [3.63, 3.8) is 0 Å². The third-order valence-electron chi connectivity index (χ3n) is 4.23. The van der Waals surface area contributed by atoms with Crippen molar-refractivity contribution in [1.29, 1.82) is 0 Å². The zero-order valence-electron chi connectivity index (χ0n) is 14.4. The van der Waals surface area contributed by atoms with Gasteiger partial charge in [0.1, 0.15) is 5.82 Å². The zero-order chi connectivity index (χ0) is 17.7. The molecule has 6 heteroatoms. The van der Waals surface area contributed by atoms with Crippen LogP contribution in [0.3, 0.4) is 0 Å². The van der Waals surface area contributed by atoms with Crippen LogP contribution in [0.2, 0.25) is 0 Å². The van der Waals surface area contributed by atoms with Gasteiger partial charge in [-0.15, -0.1) is 0 Å². The first-order valence-corrected chi connectivity index (χ1v) is 10.0. The fourth-order valence-corrected chi connectivity index (χ4v) is 3.57. The Balaban J connectivity index is 1.61. The molecule has 132 valence electrons. The maximum atomic E-state index is 12.2. The number of hydrogen-bond acceptors (Lipinski definition) is 4. The van der Waals surface area contributed by atoms with Crippen molar-refractivity contribution in [3.8, 4) is 0 Å². The van der Waals surface area contributed by atoms with Crippen molar-refractivity contribution in [2.45, 2.75) is 26.3 Å². The van der Waals surface area contributed by atoms with Crippen LogP contribution in [-0.2, 0) is 16.6 Å². The summed E-state index contributed by atoms with van der Waals surface area (Å²) in [6.07, 6.45) is 5.70. The minimum Gasteiger partial charge on any atom is -0.357 e. The van der Waals surface area contributed by atoms with Gasteiger partial charge in [-0.1, -0.05) is 29.8 Å². The highest BCUT2D eigenvalue weighted by molar-refractivity contribution is 7.92. The maximum absolute atomic E-state index is 12.2. The predicted octanol–water partition coefficient (Wildman–Crippen LogP) is 3.08. The lowest BCUT2D eigenvalue weighted by Crippen LogP contribution is -2.22. The summed E-state index contributed by atoms with van der Waals surface area (Å²) >= 11 is 0. The highest BCUT2D eigenvalue weighted by Gasteiger charge is 2.14. The molecule has 2 heterocycles. The fraction of sp³-hybridized carbons (Fsp3) is 0.316. The molecule has 0 unspecified atom stereocenters. The van der Waals surface area contributed by atoms with E-state index >= 15 is 0 Å². The summed E-state index contributed by atoms with van der Waals surface area (Å²) < 4.78 is 26.9. The Hall–Kier alpha value is -2.18. The summed E-state index contributed by atoms with van der Waals surface area (Å²) in [6.45, 7) is 4.28. The normalized spacial score (nSPS) is 15.2. The van der Waals surface area contributed by atoms with Crippen LogP contribution in [0.15, 0.2) is 48.0 Å². The number of pyridine rings is 1. The van der Waals surface area contributed by atoms with Crippen molar-refractivity contribution in [2.24, 2.45) is 0 Å². The van der Waals surface area contributed by atoms with Crippen LogP contribution in [0, 0.1) is 6.92 Å². The average Bonchev–Trinajstić information content (AvgIpc) is 3.15. The highest BCUT2D eigenvalue weighted by atomic mass is 32.2. The van der Waals surface area contributed by atoms with Gasteiger partial charge in [0.2, 0.25) is 10.0 Å². The Labute approximate surface area is 149 Å². The minimum absolute atomic E-state index is 0.254. The summed E-state index contributed by atoms with van der Waals surface area (Å²) in [5, 5.41) is 1.21. The Kier molecular flexibility index (Phi) is 5.50.